The van der Waals surface area contributed by atoms with E-state index in [9.17, 15) is 9.59 Å². The highest BCUT2D eigenvalue weighted by Gasteiger charge is 2.30. The number of rotatable bonds is 7. The van der Waals surface area contributed by atoms with Gasteiger partial charge in [-0.3, -0.25) is 19.4 Å². The number of aromatic amines is 1. The van der Waals surface area contributed by atoms with Crippen LogP contribution in [0.5, 0.6) is 0 Å². The number of aromatic nitrogens is 3. The summed E-state index contributed by atoms with van der Waals surface area (Å²) in [5.74, 6) is 1.62. The Balaban J connectivity index is 1.98. The van der Waals surface area contributed by atoms with Gasteiger partial charge < -0.3 is 5.32 Å². The van der Waals surface area contributed by atoms with Crippen LogP contribution in [0.15, 0.2) is 14.7 Å². The molecule has 2 N–H and O–H groups in total. The van der Waals surface area contributed by atoms with Crippen molar-refractivity contribution in [3.63, 3.8) is 0 Å². The summed E-state index contributed by atoms with van der Waals surface area (Å²) in [6.45, 7) is 3.16. The summed E-state index contributed by atoms with van der Waals surface area (Å²) < 4.78 is 1.51. The molecule has 1 aromatic rings. The molecule has 19 heavy (non-hydrogen) atoms. The molecule has 1 aromatic heterocycles. The van der Waals surface area contributed by atoms with Crippen molar-refractivity contribution < 1.29 is 0 Å². The van der Waals surface area contributed by atoms with Gasteiger partial charge in [0.1, 0.15) is 0 Å². The zero-order valence-corrected chi connectivity index (χ0v) is 12.1. The zero-order valence-electron chi connectivity index (χ0n) is 11.3. The molecule has 2 rings (SSSR count). The zero-order chi connectivity index (χ0) is 13.8. The van der Waals surface area contributed by atoms with Gasteiger partial charge in [0.2, 0.25) is 0 Å². The van der Waals surface area contributed by atoms with Gasteiger partial charge >= 0.3 is 11.1 Å². The van der Waals surface area contributed by atoms with Crippen molar-refractivity contribution in [2.75, 3.05) is 12.3 Å². The third kappa shape index (κ3) is 3.94. The van der Waals surface area contributed by atoms with Crippen LogP contribution in [-0.4, -0.2) is 33.1 Å². The summed E-state index contributed by atoms with van der Waals surface area (Å²) in [5.41, 5.74) is -1.39. The Morgan fingerprint density at radius 3 is 2.89 bits per heavy atom. The second-order valence-corrected chi connectivity index (χ2v) is 5.90. The molecule has 0 saturated heterocycles. The first-order valence-electron chi connectivity index (χ1n) is 6.65. The second kappa shape index (κ2) is 6.38. The van der Waals surface area contributed by atoms with E-state index >= 15 is 0 Å². The molecule has 0 spiro atoms. The summed E-state index contributed by atoms with van der Waals surface area (Å²) in [6.07, 6.45) is 3.67. The van der Waals surface area contributed by atoms with Crippen LogP contribution >= 0.6 is 11.8 Å². The predicted molar refractivity (Wildman–Crippen MR) is 75.6 cm³/mol. The Morgan fingerprint density at radius 1 is 1.53 bits per heavy atom. The second-order valence-electron chi connectivity index (χ2n) is 4.91. The monoisotopic (exact) mass is 284 g/mol. The predicted octanol–water partition coefficient (Wildman–Crippen LogP) is 0.339. The lowest BCUT2D eigenvalue weighted by Gasteiger charge is -2.17. The SMILES string of the molecule is CCCNC(CSc1nc(=O)c(=O)[nH]n1C)C1CC1. The quantitative estimate of drug-likeness (QED) is 0.557. The highest BCUT2D eigenvalue weighted by molar-refractivity contribution is 7.99. The third-order valence-electron chi connectivity index (χ3n) is 3.19. The maximum atomic E-state index is 11.3. The van der Waals surface area contributed by atoms with Crippen LogP contribution in [0.1, 0.15) is 26.2 Å². The fraction of sp³-hybridized carbons (Fsp3) is 0.750. The van der Waals surface area contributed by atoms with E-state index in [1.165, 1.54) is 29.3 Å². The molecule has 1 atom stereocenters. The number of hydrogen-bond donors (Lipinski definition) is 2. The van der Waals surface area contributed by atoms with Crippen molar-refractivity contribution in [2.45, 2.75) is 37.4 Å². The minimum Gasteiger partial charge on any atom is -0.313 e. The van der Waals surface area contributed by atoms with Crippen LogP contribution in [0, 0.1) is 5.92 Å². The van der Waals surface area contributed by atoms with Gasteiger partial charge in [0, 0.05) is 18.8 Å². The Morgan fingerprint density at radius 2 is 2.26 bits per heavy atom. The molecule has 0 aromatic carbocycles. The summed E-state index contributed by atoms with van der Waals surface area (Å²) in [4.78, 5) is 26.2. The highest BCUT2D eigenvalue weighted by atomic mass is 32.2. The van der Waals surface area contributed by atoms with Crippen molar-refractivity contribution in [1.29, 1.82) is 0 Å². The first-order valence-corrected chi connectivity index (χ1v) is 7.64. The van der Waals surface area contributed by atoms with Crippen molar-refractivity contribution in [1.82, 2.24) is 20.1 Å². The molecule has 7 heteroatoms. The molecular formula is C12H20N4O2S. The standard InChI is InChI=1S/C12H20N4O2S/c1-3-6-13-9(8-4-5-8)7-19-12-14-10(17)11(18)15-16(12)2/h8-9,13H,3-7H2,1-2H3,(H,15,18). The van der Waals surface area contributed by atoms with Crippen LogP contribution < -0.4 is 16.4 Å². The fourth-order valence-electron chi connectivity index (χ4n) is 1.94. The van der Waals surface area contributed by atoms with Crippen LogP contribution in [0.4, 0.5) is 0 Å². The van der Waals surface area contributed by atoms with Gasteiger partial charge in [0.15, 0.2) is 5.16 Å². The lowest BCUT2D eigenvalue weighted by molar-refractivity contribution is 0.501. The normalized spacial score (nSPS) is 16.5. The Bertz CT molecular complexity index is 535. The van der Waals surface area contributed by atoms with Crippen molar-refractivity contribution in [2.24, 2.45) is 13.0 Å². The molecule has 0 aliphatic heterocycles. The molecule has 1 unspecified atom stereocenters. The van der Waals surface area contributed by atoms with E-state index in [0.29, 0.717) is 11.2 Å². The Hall–Kier alpha value is -1.08. The van der Waals surface area contributed by atoms with E-state index < -0.39 is 11.1 Å². The van der Waals surface area contributed by atoms with Crippen molar-refractivity contribution >= 4 is 11.8 Å². The molecule has 6 nitrogen and oxygen atoms in total. The van der Waals surface area contributed by atoms with Crippen LogP contribution in [0.3, 0.4) is 0 Å². The summed E-state index contributed by atoms with van der Waals surface area (Å²) in [6, 6.07) is 0.466. The van der Waals surface area contributed by atoms with E-state index in [2.05, 4.69) is 22.3 Å². The number of aryl methyl sites for hydroxylation is 1. The van der Waals surface area contributed by atoms with E-state index in [0.717, 1.165) is 24.6 Å². The molecular weight excluding hydrogens is 264 g/mol. The largest absolute Gasteiger partial charge is 0.339 e. The molecule has 0 radical (unpaired) electrons. The number of H-pyrrole nitrogens is 1. The molecule has 0 amide bonds. The lowest BCUT2D eigenvalue weighted by atomic mass is 10.2. The minimum absolute atomic E-state index is 0.466. The van der Waals surface area contributed by atoms with Gasteiger partial charge in [-0.1, -0.05) is 18.7 Å². The average molecular weight is 284 g/mol. The topological polar surface area (TPSA) is 79.8 Å². The van der Waals surface area contributed by atoms with Gasteiger partial charge in [-0.2, -0.15) is 4.98 Å². The Kier molecular flexibility index (Phi) is 4.81. The first kappa shape index (κ1) is 14.3. The molecule has 0 bridgehead atoms. The number of hydrogen-bond acceptors (Lipinski definition) is 5. The Labute approximate surface area is 116 Å². The molecule has 106 valence electrons. The maximum Gasteiger partial charge on any atom is 0.339 e. The highest BCUT2D eigenvalue weighted by Crippen LogP contribution is 2.34. The third-order valence-corrected chi connectivity index (χ3v) is 4.34. The lowest BCUT2D eigenvalue weighted by Crippen LogP contribution is -2.36. The van der Waals surface area contributed by atoms with E-state index in [1.54, 1.807) is 7.05 Å². The number of nitrogens with one attached hydrogen (secondary N) is 2. The number of nitrogens with zero attached hydrogens (tertiary/aromatic N) is 2. The smallest absolute Gasteiger partial charge is 0.313 e. The van der Waals surface area contributed by atoms with Gasteiger partial charge in [-0.25, -0.2) is 0 Å². The fourth-order valence-corrected chi connectivity index (χ4v) is 3.05. The van der Waals surface area contributed by atoms with Gasteiger partial charge in [-0.05, 0) is 31.7 Å². The molecule has 1 fully saturated rings. The first-order chi connectivity index (χ1) is 9.11. The van der Waals surface area contributed by atoms with Gasteiger partial charge in [-0.15, -0.1) is 0 Å². The van der Waals surface area contributed by atoms with Crippen LogP contribution in [0.25, 0.3) is 0 Å². The summed E-state index contributed by atoms with van der Waals surface area (Å²) >= 11 is 1.52. The molecule has 1 saturated carbocycles. The van der Waals surface area contributed by atoms with E-state index in [-0.39, 0.29) is 0 Å². The molecule has 1 aliphatic rings. The molecule has 1 aliphatic carbocycles. The minimum atomic E-state index is -0.718. The number of thioether (sulfide) groups is 1. The van der Waals surface area contributed by atoms with Crippen LogP contribution in [-0.2, 0) is 7.05 Å². The van der Waals surface area contributed by atoms with Crippen molar-refractivity contribution in [3.8, 4) is 0 Å². The van der Waals surface area contributed by atoms with Crippen LogP contribution in [0.2, 0.25) is 0 Å². The van der Waals surface area contributed by atoms with Crippen molar-refractivity contribution in [3.05, 3.63) is 20.7 Å². The van der Waals surface area contributed by atoms with Gasteiger partial charge in [0.05, 0.1) is 0 Å². The maximum absolute atomic E-state index is 11.3. The van der Waals surface area contributed by atoms with Gasteiger partial charge in [0.25, 0.3) is 0 Å². The molecule has 1 heterocycles. The van der Waals surface area contributed by atoms with E-state index in [4.69, 9.17) is 0 Å². The summed E-state index contributed by atoms with van der Waals surface area (Å²) in [7, 11) is 1.70. The van der Waals surface area contributed by atoms with E-state index in [1.807, 2.05) is 0 Å². The average Bonchev–Trinajstić information content (AvgIpc) is 3.19. The summed E-state index contributed by atoms with van der Waals surface area (Å²) in [5, 5.41) is 6.57.